The molecule has 0 aliphatic carbocycles. The topological polar surface area (TPSA) is 52.6 Å². The summed E-state index contributed by atoms with van der Waals surface area (Å²) in [6.07, 6.45) is 0. The molecule has 5 heteroatoms. The van der Waals surface area contributed by atoms with Gasteiger partial charge in [-0.3, -0.25) is 4.79 Å². The lowest BCUT2D eigenvalue weighted by Crippen LogP contribution is -2.05. The highest BCUT2D eigenvalue weighted by molar-refractivity contribution is 7.44. The predicted molar refractivity (Wildman–Crippen MR) is 36.7 cm³/mol. The second-order valence-corrected chi connectivity index (χ2v) is 1.33. The number of methoxy groups -OCH3 is 1. The quantitative estimate of drug-likeness (QED) is 0.431. The largest absolute Gasteiger partial charge is 0.463 e. The summed E-state index contributed by atoms with van der Waals surface area (Å²) in [5.74, 6) is -0.262. The van der Waals surface area contributed by atoms with Gasteiger partial charge in [0.25, 0.3) is 0 Å². The minimum absolute atomic E-state index is 0.262. The number of carbonyl (C=O) groups excluding carboxylic acids is 1. The molecule has 0 aromatic rings. The van der Waals surface area contributed by atoms with Crippen LogP contribution in [0.4, 0.5) is 0 Å². The zero-order valence-corrected chi connectivity index (χ0v) is 6.77. The Morgan fingerprint density at radius 1 is 1.40 bits per heavy atom. The molecule has 0 bridgehead atoms. The van der Waals surface area contributed by atoms with Gasteiger partial charge in [-0.1, -0.05) is 0 Å². The number of rotatable bonds is 3. The molecular weight excluding hydrogens is 156 g/mol. The van der Waals surface area contributed by atoms with E-state index in [2.05, 4.69) is 22.0 Å². The van der Waals surface area contributed by atoms with Crippen molar-refractivity contribution in [2.24, 2.45) is 0 Å². The maximum Gasteiger partial charge on any atom is 0.302 e. The molecule has 0 saturated carbocycles. The van der Waals surface area contributed by atoms with Crippen LogP contribution in [-0.4, -0.2) is 30.5 Å². The first-order chi connectivity index (χ1) is 4.77. The Morgan fingerprint density at radius 3 is 2.20 bits per heavy atom. The van der Waals surface area contributed by atoms with Crippen molar-refractivity contribution >= 4 is 18.5 Å². The molecule has 10 heavy (non-hydrogen) atoms. The first kappa shape index (κ1) is 12.2. The van der Waals surface area contributed by atoms with Crippen LogP contribution in [0.3, 0.4) is 0 Å². The maximum absolute atomic E-state index is 10.0. The molecule has 0 fully saturated rings. The van der Waals surface area contributed by atoms with E-state index < -0.39 is 0 Å². The Hall–Kier alpha value is -0.550. The Labute approximate surface area is 65.0 Å². The van der Waals surface area contributed by atoms with Crippen LogP contribution in [-0.2, 0) is 26.8 Å². The van der Waals surface area contributed by atoms with Crippen LogP contribution in [0.5, 0.6) is 0 Å². The molecule has 0 N–H and O–H groups in total. The van der Waals surface area contributed by atoms with Crippen molar-refractivity contribution in [3.8, 4) is 0 Å². The lowest BCUT2D eigenvalue weighted by atomic mass is 10.7. The van der Waals surface area contributed by atoms with Gasteiger partial charge in [0.1, 0.15) is 6.61 Å². The van der Waals surface area contributed by atoms with E-state index in [1.165, 1.54) is 6.92 Å². The molecule has 0 rings (SSSR count). The Kier molecular flexibility index (Phi) is 13.7. The summed E-state index contributed by atoms with van der Waals surface area (Å²) >= 11 is 2.83. The fourth-order valence-corrected chi connectivity index (χ4v) is 0.269. The van der Waals surface area contributed by atoms with Crippen LogP contribution < -0.4 is 0 Å². The summed E-state index contributed by atoms with van der Waals surface area (Å²) in [6, 6.07) is 0. The highest BCUT2D eigenvalue weighted by atomic mass is 32.1. The van der Waals surface area contributed by atoms with E-state index in [9.17, 15) is 4.79 Å². The second kappa shape index (κ2) is 11.3. The smallest absolute Gasteiger partial charge is 0.302 e. The molecule has 0 spiro atoms. The average Bonchev–Trinajstić information content (AvgIpc) is 1.92. The van der Waals surface area contributed by atoms with Crippen molar-refractivity contribution in [2.75, 3.05) is 20.3 Å². The first-order valence-electron chi connectivity index (χ1n) is 2.56. The standard InChI is InChI=1S/C5H10O3.OS/c1-5(6)8-4-3-7-2;1-2/h3-4H2,1-2H3;. The van der Waals surface area contributed by atoms with Gasteiger partial charge in [-0.25, -0.2) is 0 Å². The van der Waals surface area contributed by atoms with Crippen LogP contribution in [0.1, 0.15) is 6.92 Å². The van der Waals surface area contributed by atoms with Crippen molar-refractivity contribution in [1.82, 2.24) is 0 Å². The lowest BCUT2D eigenvalue weighted by Gasteiger charge is -1.97. The fraction of sp³-hybridized carbons (Fsp3) is 0.800. The molecule has 4 nitrogen and oxygen atoms in total. The molecule has 60 valence electrons. The predicted octanol–water partition coefficient (Wildman–Crippen LogP) is -0.140. The van der Waals surface area contributed by atoms with Crippen molar-refractivity contribution < 1.29 is 18.5 Å². The molecule has 0 radical (unpaired) electrons. The van der Waals surface area contributed by atoms with Crippen LogP contribution in [0.15, 0.2) is 0 Å². The van der Waals surface area contributed by atoms with E-state index in [1.54, 1.807) is 7.11 Å². The van der Waals surface area contributed by atoms with Crippen molar-refractivity contribution in [3.05, 3.63) is 0 Å². The Morgan fingerprint density at radius 2 is 1.90 bits per heavy atom. The van der Waals surface area contributed by atoms with Gasteiger partial charge in [0, 0.05) is 14.0 Å². The minimum Gasteiger partial charge on any atom is -0.463 e. The molecule has 0 heterocycles. The molecule has 0 aliphatic rings. The van der Waals surface area contributed by atoms with Gasteiger partial charge in [-0.05, 0) is 0 Å². The van der Waals surface area contributed by atoms with Crippen LogP contribution in [0.2, 0.25) is 0 Å². The number of hydrogen-bond acceptors (Lipinski definition) is 5. The number of hydrogen-bond donors (Lipinski definition) is 0. The molecule has 0 atom stereocenters. The summed E-state index contributed by atoms with van der Waals surface area (Å²) in [6.45, 7) is 2.20. The third kappa shape index (κ3) is 15.7. The normalized spacial score (nSPS) is 7.40. The van der Waals surface area contributed by atoms with Crippen LogP contribution in [0.25, 0.3) is 0 Å². The SMILES string of the molecule is COCCOC(C)=O.O=S. The second-order valence-electron chi connectivity index (χ2n) is 1.33. The zero-order valence-electron chi connectivity index (χ0n) is 5.96. The van der Waals surface area contributed by atoms with Crippen molar-refractivity contribution in [3.63, 3.8) is 0 Å². The Balaban J connectivity index is 0. The van der Waals surface area contributed by atoms with E-state index in [-0.39, 0.29) is 5.97 Å². The van der Waals surface area contributed by atoms with Crippen LogP contribution >= 0.6 is 0 Å². The van der Waals surface area contributed by atoms with Gasteiger partial charge in [-0.2, -0.15) is 4.21 Å². The fourth-order valence-electron chi connectivity index (χ4n) is 0.269. The van der Waals surface area contributed by atoms with Gasteiger partial charge in [0.05, 0.1) is 6.61 Å². The number of carbonyl (C=O) groups is 1. The summed E-state index contributed by atoms with van der Waals surface area (Å²) < 4.78 is 17.0. The van der Waals surface area contributed by atoms with Crippen molar-refractivity contribution in [2.45, 2.75) is 6.92 Å². The summed E-state index contributed by atoms with van der Waals surface area (Å²) in [5.41, 5.74) is 0. The highest BCUT2D eigenvalue weighted by Gasteiger charge is 1.88. The van der Waals surface area contributed by atoms with Gasteiger partial charge in [-0.15, -0.1) is 0 Å². The third-order valence-electron chi connectivity index (χ3n) is 0.593. The number of esters is 1. The molecule has 0 amide bonds. The summed E-state index contributed by atoms with van der Waals surface area (Å²) in [5, 5.41) is 0. The van der Waals surface area contributed by atoms with E-state index in [4.69, 9.17) is 4.21 Å². The van der Waals surface area contributed by atoms with Gasteiger partial charge < -0.3 is 9.47 Å². The minimum atomic E-state index is -0.262. The Bertz CT molecular complexity index is 85.7. The van der Waals surface area contributed by atoms with Gasteiger partial charge >= 0.3 is 5.97 Å². The molecule has 0 aliphatic heterocycles. The van der Waals surface area contributed by atoms with E-state index in [0.29, 0.717) is 13.2 Å². The van der Waals surface area contributed by atoms with Crippen LogP contribution in [0, 0.1) is 0 Å². The molecule has 0 saturated heterocycles. The molecule has 0 aromatic heterocycles. The van der Waals surface area contributed by atoms with Crippen molar-refractivity contribution in [1.29, 1.82) is 0 Å². The average molecular weight is 166 g/mol. The van der Waals surface area contributed by atoms with Gasteiger partial charge in [0.15, 0.2) is 12.5 Å². The third-order valence-corrected chi connectivity index (χ3v) is 0.593. The molecular formula is C5H10O4S. The molecule has 0 unspecified atom stereocenters. The van der Waals surface area contributed by atoms with E-state index >= 15 is 0 Å². The van der Waals surface area contributed by atoms with E-state index in [1.807, 2.05) is 0 Å². The highest BCUT2D eigenvalue weighted by Crippen LogP contribution is 1.74. The number of ether oxygens (including phenoxy) is 2. The zero-order chi connectivity index (χ0) is 8.41. The summed E-state index contributed by atoms with van der Waals surface area (Å²) in [7, 11) is 1.56. The molecule has 0 aromatic carbocycles. The lowest BCUT2D eigenvalue weighted by molar-refractivity contribution is -0.142. The summed E-state index contributed by atoms with van der Waals surface area (Å²) in [4.78, 5) is 10.0. The maximum atomic E-state index is 10.0. The first-order valence-corrected chi connectivity index (χ1v) is 2.89. The van der Waals surface area contributed by atoms with E-state index in [0.717, 1.165) is 0 Å². The van der Waals surface area contributed by atoms with Gasteiger partial charge in [0.2, 0.25) is 0 Å². The monoisotopic (exact) mass is 166 g/mol.